The molecule has 1 aromatic carbocycles. The molecule has 5 nitrogen and oxygen atoms in total. The monoisotopic (exact) mass is 291 g/mol. The van der Waals surface area contributed by atoms with Crippen molar-refractivity contribution in [3.8, 4) is 17.1 Å². The van der Waals surface area contributed by atoms with E-state index < -0.39 is 29.2 Å². The van der Waals surface area contributed by atoms with Crippen molar-refractivity contribution in [2.45, 2.75) is 18.6 Å². The number of hydrogen-bond acceptors (Lipinski definition) is 5. The van der Waals surface area contributed by atoms with Crippen molar-refractivity contribution < 1.29 is 27.2 Å². The van der Waals surface area contributed by atoms with Crippen molar-refractivity contribution in [3.63, 3.8) is 0 Å². The van der Waals surface area contributed by atoms with Gasteiger partial charge in [0.25, 0.3) is 5.89 Å². The van der Waals surface area contributed by atoms with Gasteiger partial charge in [-0.15, -0.1) is 0 Å². The predicted molar refractivity (Wildman–Crippen MR) is 59.0 cm³/mol. The second-order valence-electron chi connectivity index (χ2n) is 4.29. The number of halogens is 4. The number of nitrogens with zero attached hydrogens (tertiary/aromatic N) is 2. The molecule has 1 unspecified atom stereocenters. The van der Waals surface area contributed by atoms with Gasteiger partial charge in [0.2, 0.25) is 5.82 Å². The molecule has 0 saturated carbocycles. The highest BCUT2D eigenvalue weighted by atomic mass is 19.4. The lowest BCUT2D eigenvalue weighted by molar-refractivity contribution is -0.190. The summed E-state index contributed by atoms with van der Waals surface area (Å²) in [5.41, 5.74) is 2.36. The van der Waals surface area contributed by atoms with Gasteiger partial charge in [-0.25, -0.2) is 4.39 Å². The van der Waals surface area contributed by atoms with E-state index in [0.717, 1.165) is 12.1 Å². The maximum atomic E-state index is 13.2. The zero-order valence-corrected chi connectivity index (χ0v) is 10.1. The van der Waals surface area contributed by atoms with E-state index in [1.807, 2.05) is 0 Å². The van der Waals surface area contributed by atoms with E-state index in [0.29, 0.717) is 6.92 Å². The summed E-state index contributed by atoms with van der Waals surface area (Å²) in [4.78, 5) is 3.52. The van der Waals surface area contributed by atoms with Crippen LogP contribution in [0.15, 0.2) is 22.7 Å². The second-order valence-corrected chi connectivity index (χ2v) is 4.29. The summed E-state index contributed by atoms with van der Waals surface area (Å²) < 4.78 is 55.7. The number of phenolic OH excluding ortho intramolecular Hbond substituents is 1. The number of alkyl halides is 3. The van der Waals surface area contributed by atoms with Gasteiger partial charge in [0, 0.05) is 5.56 Å². The van der Waals surface area contributed by atoms with E-state index in [2.05, 4.69) is 14.7 Å². The van der Waals surface area contributed by atoms with Gasteiger partial charge in [0.15, 0.2) is 17.1 Å². The Labute approximate surface area is 110 Å². The summed E-state index contributed by atoms with van der Waals surface area (Å²) in [5, 5.41) is 12.3. The molecule has 0 bridgehead atoms. The first-order valence-corrected chi connectivity index (χ1v) is 5.31. The fourth-order valence-corrected chi connectivity index (χ4v) is 1.32. The molecule has 0 saturated heterocycles. The maximum Gasteiger partial charge on any atom is 0.415 e. The third kappa shape index (κ3) is 2.31. The van der Waals surface area contributed by atoms with Gasteiger partial charge < -0.3 is 15.4 Å². The van der Waals surface area contributed by atoms with E-state index in [4.69, 9.17) is 10.8 Å². The molecular formula is C11H9F4N3O2. The molecule has 3 N–H and O–H groups in total. The average Bonchev–Trinajstić information content (AvgIpc) is 2.81. The summed E-state index contributed by atoms with van der Waals surface area (Å²) >= 11 is 0. The molecule has 1 aromatic heterocycles. The fourth-order valence-electron chi connectivity index (χ4n) is 1.32. The van der Waals surface area contributed by atoms with Crippen molar-refractivity contribution in [2.75, 3.05) is 0 Å². The highest BCUT2D eigenvalue weighted by molar-refractivity contribution is 5.56. The van der Waals surface area contributed by atoms with Crippen molar-refractivity contribution in [3.05, 3.63) is 29.9 Å². The van der Waals surface area contributed by atoms with Crippen LogP contribution in [0.2, 0.25) is 0 Å². The second kappa shape index (κ2) is 4.44. The smallest absolute Gasteiger partial charge is 0.415 e. The predicted octanol–water partition coefficient (Wildman–Crippen LogP) is 2.32. The maximum absolute atomic E-state index is 13.2. The van der Waals surface area contributed by atoms with Crippen molar-refractivity contribution in [1.82, 2.24) is 10.1 Å². The van der Waals surface area contributed by atoms with Crippen LogP contribution in [0.1, 0.15) is 12.8 Å². The third-order valence-corrected chi connectivity index (χ3v) is 2.67. The molecule has 1 atom stereocenters. The molecule has 2 rings (SSSR count). The molecule has 9 heteroatoms. The van der Waals surface area contributed by atoms with E-state index in [1.165, 1.54) is 6.07 Å². The Bertz CT molecular complexity index is 637. The summed E-state index contributed by atoms with van der Waals surface area (Å²) in [7, 11) is 0. The summed E-state index contributed by atoms with van der Waals surface area (Å²) in [6.07, 6.45) is -4.78. The minimum Gasteiger partial charge on any atom is -0.505 e. The molecule has 0 fully saturated rings. The topological polar surface area (TPSA) is 85.2 Å². The molecule has 0 aliphatic heterocycles. The lowest BCUT2D eigenvalue weighted by Gasteiger charge is -2.22. The fraction of sp³-hybridized carbons (Fsp3) is 0.273. The van der Waals surface area contributed by atoms with Crippen LogP contribution in [-0.4, -0.2) is 21.4 Å². The van der Waals surface area contributed by atoms with Crippen molar-refractivity contribution >= 4 is 0 Å². The molecular weight excluding hydrogens is 282 g/mol. The van der Waals surface area contributed by atoms with Gasteiger partial charge in [-0.3, -0.25) is 0 Å². The van der Waals surface area contributed by atoms with E-state index in [-0.39, 0.29) is 11.4 Å². The first kappa shape index (κ1) is 14.3. The molecule has 0 amide bonds. The van der Waals surface area contributed by atoms with E-state index >= 15 is 0 Å². The minimum atomic E-state index is -4.78. The van der Waals surface area contributed by atoms with E-state index in [9.17, 15) is 17.6 Å². The first-order valence-electron chi connectivity index (χ1n) is 5.31. The molecule has 0 aliphatic carbocycles. The van der Waals surface area contributed by atoms with Crippen molar-refractivity contribution in [2.24, 2.45) is 5.73 Å². The largest absolute Gasteiger partial charge is 0.505 e. The quantitative estimate of drug-likeness (QED) is 0.829. The van der Waals surface area contributed by atoms with Crippen LogP contribution in [0.4, 0.5) is 17.6 Å². The zero-order valence-electron chi connectivity index (χ0n) is 10.1. The molecule has 0 spiro atoms. The normalized spacial score (nSPS) is 15.1. The van der Waals surface area contributed by atoms with Gasteiger partial charge in [-0.1, -0.05) is 5.16 Å². The Hall–Kier alpha value is -2.16. The highest BCUT2D eigenvalue weighted by Crippen LogP contribution is 2.36. The molecule has 1 heterocycles. The van der Waals surface area contributed by atoms with Gasteiger partial charge >= 0.3 is 6.18 Å². The minimum absolute atomic E-state index is 0.0493. The molecule has 0 aliphatic rings. The Kier molecular flexibility index (Phi) is 3.17. The van der Waals surface area contributed by atoms with Gasteiger partial charge in [-0.05, 0) is 25.1 Å². The van der Waals surface area contributed by atoms with Crippen LogP contribution in [0.3, 0.4) is 0 Å². The zero-order chi connectivity index (χ0) is 15.1. The van der Waals surface area contributed by atoms with Gasteiger partial charge in [0.1, 0.15) is 0 Å². The SMILES string of the molecule is CC(N)(c1nc(-c2ccc(O)c(F)c2)no1)C(F)(F)F. The average molecular weight is 291 g/mol. The Morgan fingerprint density at radius 3 is 2.50 bits per heavy atom. The number of hydrogen-bond donors (Lipinski definition) is 2. The van der Waals surface area contributed by atoms with E-state index in [1.54, 1.807) is 0 Å². The molecule has 108 valence electrons. The van der Waals surface area contributed by atoms with Crippen LogP contribution >= 0.6 is 0 Å². The summed E-state index contributed by atoms with van der Waals surface area (Å²) in [5.74, 6) is -2.66. The first-order chi connectivity index (χ1) is 9.13. The van der Waals surface area contributed by atoms with Crippen LogP contribution in [-0.2, 0) is 5.54 Å². The lowest BCUT2D eigenvalue weighted by atomic mass is 10.0. The summed E-state index contributed by atoms with van der Waals surface area (Å²) in [6.45, 7) is 0.682. The number of aromatic nitrogens is 2. The highest BCUT2D eigenvalue weighted by Gasteiger charge is 2.53. The standard InChI is InChI=1S/C11H9F4N3O2/c1-10(16,11(13,14)15)9-17-8(18-20-9)5-2-3-7(19)6(12)4-5/h2-4,19H,16H2,1H3. The Balaban J connectivity index is 2.41. The van der Waals surface area contributed by atoms with Crippen LogP contribution < -0.4 is 5.73 Å². The van der Waals surface area contributed by atoms with Gasteiger partial charge in [-0.2, -0.15) is 18.2 Å². The molecule has 2 aromatic rings. The summed E-state index contributed by atoms with van der Waals surface area (Å²) in [6, 6.07) is 3.12. The molecule has 20 heavy (non-hydrogen) atoms. The number of phenols is 1. The molecule has 0 radical (unpaired) electrons. The van der Waals surface area contributed by atoms with Crippen LogP contribution in [0.25, 0.3) is 11.4 Å². The number of aromatic hydroxyl groups is 1. The van der Waals surface area contributed by atoms with Gasteiger partial charge in [0.05, 0.1) is 0 Å². The number of benzene rings is 1. The number of rotatable bonds is 2. The van der Waals surface area contributed by atoms with Crippen molar-refractivity contribution in [1.29, 1.82) is 0 Å². The van der Waals surface area contributed by atoms with Crippen LogP contribution in [0.5, 0.6) is 5.75 Å². The Morgan fingerprint density at radius 1 is 1.30 bits per heavy atom. The Morgan fingerprint density at radius 2 is 1.95 bits per heavy atom. The lowest BCUT2D eigenvalue weighted by Crippen LogP contribution is -2.47. The third-order valence-electron chi connectivity index (χ3n) is 2.67. The number of nitrogens with two attached hydrogens (primary N) is 1. The van der Waals surface area contributed by atoms with Crippen LogP contribution in [0, 0.1) is 5.82 Å².